The molecule has 0 aliphatic carbocycles. The number of nitrogens with one attached hydrogen (secondary N) is 1. The van der Waals surface area contributed by atoms with E-state index in [4.69, 9.17) is 10.1 Å². The van der Waals surface area contributed by atoms with Crippen LogP contribution in [-0.4, -0.2) is 23.2 Å². The molecule has 0 unspecified atom stereocenters. The van der Waals surface area contributed by atoms with Gasteiger partial charge < -0.3 is 4.74 Å². The number of pyridine rings is 1. The Morgan fingerprint density at radius 3 is 2.76 bits per heavy atom. The smallest absolute Gasteiger partial charge is 0.181 e. The first kappa shape index (κ1) is 18.9. The van der Waals surface area contributed by atoms with Crippen molar-refractivity contribution in [1.29, 1.82) is 5.41 Å². The number of halogens is 2. The molecule has 0 atom stereocenters. The summed E-state index contributed by atoms with van der Waals surface area (Å²) in [6, 6.07) is 5.92. The monoisotopic (exact) mass is 296 g/mol. The van der Waals surface area contributed by atoms with Crippen LogP contribution in [0.5, 0.6) is 0 Å². The summed E-state index contributed by atoms with van der Waals surface area (Å²) in [5.41, 5.74) is 1.09. The average Bonchev–Trinajstić information content (AvgIpc) is 2.26. The highest BCUT2D eigenvalue weighted by Gasteiger charge is 1.98. The zero-order valence-corrected chi connectivity index (χ0v) is 12.2. The van der Waals surface area contributed by atoms with E-state index in [2.05, 4.69) is 4.98 Å². The Hall–Kier alpha value is -0.450. The van der Waals surface area contributed by atoms with Crippen LogP contribution in [0.3, 0.4) is 0 Å². The van der Waals surface area contributed by atoms with Gasteiger partial charge in [0.15, 0.2) is 5.90 Å². The fourth-order valence-electron chi connectivity index (χ4n) is 1.07. The van der Waals surface area contributed by atoms with E-state index in [0.29, 0.717) is 18.9 Å². The predicted molar refractivity (Wildman–Crippen MR) is 78.9 cm³/mol. The van der Waals surface area contributed by atoms with Crippen LogP contribution in [0, 0.1) is 5.41 Å². The summed E-state index contributed by atoms with van der Waals surface area (Å²) in [6.07, 6.45) is 2.50. The second-order valence-corrected chi connectivity index (χ2v) is 4.09. The van der Waals surface area contributed by atoms with Gasteiger partial charge in [-0.1, -0.05) is 6.07 Å². The molecule has 0 aliphatic rings. The molecule has 0 saturated carbocycles. The highest BCUT2D eigenvalue weighted by Crippen LogP contribution is 2.10. The van der Waals surface area contributed by atoms with E-state index in [9.17, 15) is 0 Å². The van der Waals surface area contributed by atoms with Gasteiger partial charge in [-0.2, -0.15) is 11.8 Å². The van der Waals surface area contributed by atoms with Crippen molar-refractivity contribution in [2.45, 2.75) is 19.1 Å². The highest BCUT2D eigenvalue weighted by atomic mass is 35.5. The first-order valence-electron chi connectivity index (χ1n) is 5.00. The Bertz CT molecular complexity index is 299. The molecule has 0 spiro atoms. The Balaban J connectivity index is 0. The van der Waals surface area contributed by atoms with E-state index in [-0.39, 0.29) is 24.8 Å². The topological polar surface area (TPSA) is 46.0 Å². The van der Waals surface area contributed by atoms with Gasteiger partial charge in [0.25, 0.3) is 0 Å². The minimum Gasteiger partial charge on any atom is -0.481 e. The molecule has 1 aromatic rings. The minimum atomic E-state index is 0. The number of rotatable bonds is 6. The van der Waals surface area contributed by atoms with Gasteiger partial charge in [0, 0.05) is 24.1 Å². The molecule has 6 heteroatoms. The molecule has 3 nitrogen and oxygen atoms in total. The van der Waals surface area contributed by atoms with Crippen LogP contribution in [0.1, 0.15) is 19.0 Å². The number of hydrogen-bond donors (Lipinski definition) is 1. The molecule has 0 bridgehead atoms. The molecule has 0 aliphatic heterocycles. The normalized spacial score (nSPS) is 8.76. The maximum Gasteiger partial charge on any atom is 0.181 e. The van der Waals surface area contributed by atoms with E-state index in [0.717, 1.165) is 17.2 Å². The molecule has 17 heavy (non-hydrogen) atoms. The van der Waals surface area contributed by atoms with Crippen molar-refractivity contribution in [3.8, 4) is 0 Å². The molecule has 0 saturated heterocycles. The third-order valence-corrected chi connectivity index (χ3v) is 2.76. The fraction of sp³-hybridized carbons (Fsp3) is 0.455. The molecule has 98 valence electrons. The molecule has 1 N–H and O–H groups in total. The summed E-state index contributed by atoms with van der Waals surface area (Å²) in [5.74, 6) is 2.20. The first-order valence-corrected chi connectivity index (χ1v) is 6.16. The predicted octanol–water partition coefficient (Wildman–Crippen LogP) is 3.56. The lowest BCUT2D eigenvalue weighted by Gasteiger charge is -2.04. The van der Waals surface area contributed by atoms with Gasteiger partial charge in [0.1, 0.15) is 0 Å². The van der Waals surface area contributed by atoms with Gasteiger partial charge in [-0.05, 0) is 19.1 Å². The molecule has 0 radical (unpaired) electrons. The largest absolute Gasteiger partial charge is 0.481 e. The molecule has 0 fully saturated rings. The number of hydrogen-bond acceptors (Lipinski definition) is 4. The van der Waals surface area contributed by atoms with Gasteiger partial charge in [0.2, 0.25) is 0 Å². The van der Waals surface area contributed by atoms with Crippen LogP contribution in [-0.2, 0) is 10.5 Å². The third kappa shape index (κ3) is 9.27. The van der Waals surface area contributed by atoms with Gasteiger partial charge in [-0.15, -0.1) is 24.8 Å². The van der Waals surface area contributed by atoms with Gasteiger partial charge >= 0.3 is 0 Å². The van der Waals surface area contributed by atoms with Crippen LogP contribution in [0.2, 0.25) is 0 Å². The van der Waals surface area contributed by atoms with Crippen molar-refractivity contribution in [2.75, 3.05) is 12.4 Å². The van der Waals surface area contributed by atoms with Crippen LogP contribution in [0.25, 0.3) is 0 Å². The van der Waals surface area contributed by atoms with Crippen LogP contribution < -0.4 is 0 Å². The molecule has 1 heterocycles. The van der Waals surface area contributed by atoms with E-state index in [1.165, 1.54) is 0 Å². The lowest BCUT2D eigenvalue weighted by Crippen LogP contribution is -2.03. The highest BCUT2D eigenvalue weighted by molar-refractivity contribution is 7.98. The molecular formula is C11H18Cl2N2OS. The maximum atomic E-state index is 7.42. The summed E-state index contributed by atoms with van der Waals surface area (Å²) in [5, 5.41) is 7.42. The number of ether oxygens (including phenoxy) is 1. The molecule has 0 aromatic carbocycles. The zero-order chi connectivity index (χ0) is 10.9. The zero-order valence-electron chi connectivity index (χ0n) is 9.72. The van der Waals surface area contributed by atoms with Crippen LogP contribution in [0.4, 0.5) is 0 Å². The van der Waals surface area contributed by atoms with Crippen molar-refractivity contribution in [3.63, 3.8) is 0 Å². The minimum absolute atomic E-state index is 0. The Morgan fingerprint density at radius 2 is 2.18 bits per heavy atom. The Labute approximate surface area is 119 Å². The number of nitrogens with zero attached hydrogens (tertiary/aromatic N) is 1. The maximum absolute atomic E-state index is 7.42. The van der Waals surface area contributed by atoms with Gasteiger partial charge in [-0.3, -0.25) is 10.4 Å². The van der Waals surface area contributed by atoms with E-state index < -0.39 is 0 Å². The Morgan fingerprint density at radius 1 is 1.41 bits per heavy atom. The summed E-state index contributed by atoms with van der Waals surface area (Å²) in [6.45, 7) is 2.49. The SMILES string of the molecule is CCOC(=N)CCSCc1ccccn1.Cl.Cl. The van der Waals surface area contributed by atoms with E-state index in [1.54, 1.807) is 18.0 Å². The standard InChI is InChI=1S/C11H16N2OS.2ClH/c1-2-14-11(12)6-8-15-9-10-5-3-4-7-13-10;;/h3-5,7,12H,2,6,8-9H2,1H3;2*1H. The number of thioether (sulfide) groups is 1. The van der Waals surface area contributed by atoms with Gasteiger partial charge in [0.05, 0.1) is 12.3 Å². The molecule has 1 rings (SSSR count). The van der Waals surface area contributed by atoms with Crippen molar-refractivity contribution in [3.05, 3.63) is 30.1 Å². The summed E-state index contributed by atoms with van der Waals surface area (Å²) >= 11 is 1.78. The van der Waals surface area contributed by atoms with E-state index in [1.807, 2.05) is 25.1 Å². The number of aromatic nitrogens is 1. The summed E-state index contributed by atoms with van der Waals surface area (Å²) in [7, 11) is 0. The molecule has 1 aromatic heterocycles. The van der Waals surface area contributed by atoms with Crippen LogP contribution in [0.15, 0.2) is 24.4 Å². The quantitative estimate of drug-likeness (QED) is 0.496. The second kappa shape index (κ2) is 12.0. The summed E-state index contributed by atoms with van der Waals surface area (Å²) < 4.78 is 5.05. The lowest BCUT2D eigenvalue weighted by molar-refractivity contribution is 0.316. The molecule has 0 amide bonds. The van der Waals surface area contributed by atoms with Gasteiger partial charge in [-0.25, -0.2) is 0 Å². The van der Waals surface area contributed by atoms with Crippen molar-refractivity contribution in [2.24, 2.45) is 0 Å². The van der Waals surface area contributed by atoms with Crippen molar-refractivity contribution >= 4 is 42.5 Å². The first-order chi connectivity index (χ1) is 7.33. The molecular weight excluding hydrogens is 279 g/mol. The van der Waals surface area contributed by atoms with Crippen molar-refractivity contribution in [1.82, 2.24) is 4.98 Å². The second-order valence-electron chi connectivity index (χ2n) is 2.98. The third-order valence-electron chi connectivity index (χ3n) is 1.77. The van der Waals surface area contributed by atoms with E-state index >= 15 is 0 Å². The fourth-order valence-corrected chi connectivity index (χ4v) is 1.93. The van der Waals surface area contributed by atoms with Crippen molar-refractivity contribution < 1.29 is 4.74 Å². The Kier molecular flexibility index (Phi) is 13.4. The average molecular weight is 297 g/mol. The van der Waals surface area contributed by atoms with Crippen LogP contribution >= 0.6 is 36.6 Å². The summed E-state index contributed by atoms with van der Waals surface area (Å²) in [4.78, 5) is 4.23. The lowest BCUT2D eigenvalue weighted by atomic mass is 10.4.